The van der Waals surface area contributed by atoms with Gasteiger partial charge in [-0.3, -0.25) is 9.59 Å². The summed E-state index contributed by atoms with van der Waals surface area (Å²) in [6.07, 6.45) is 1.57. The summed E-state index contributed by atoms with van der Waals surface area (Å²) < 4.78 is 21.2. The van der Waals surface area contributed by atoms with E-state index >= 15 is 0 Å². The van der Waals surface area contributed by atoms with Gasteiger partial charge in [0.2, 0.25) is 0 Å². The largest absolute Gasteiger partial charge is 0.497 e. The lowest BCUT2D eigenvalue weighted by atomic mass is 10.1. The number of nitrogens with one attached hydrogen (secondary N) is 1. The van der Waals surface area contributed by atoms with Crippen molar-refractivity contribution in [3.8, 4) is 11.5 Å². The minimum absolute atomic E-state index is 0.0304. The van der Waals surface area contributed by atoms with Crippen LogP contribution in [0.1, 0.15) is 29.7 Å². The molecule has 158 valence electrons. The minimum atomic E-state index is -0.500. The molecule has 0 saturated heterocycles. The first-order chi connectivity index (χ1) is 14.4. The van der Waals surface area contributed by atoms with E-state index in [1.165, 1.54) is 0 Å². The van der Waals surface area contributed by atoms with Crippen molar-refractivity contribution in [2.75, 3.05) is 20.8 Å². The van der Waals surface area contributed by atoms with Crippen molar-refractivity contribution in [3.63, 3.8) is 0 Å². The third-order valence-corrected chi connectivity index (χ3v) is 4.79. The van der Waals surface area contributed by atoms with E-state index in [1.807, 2.05) is 32.0 Å². The summed E-state index contributed by atoms with van der Waals surface area (Å²) in [5.74, 6) is 0.372. The highest BCUT2D eigenvalue weighted by Crippen LogP contribution is 2.29. The molecule has 3 rings (SSSR count). The van der Waals surface area contributed by atoms with E-state index < -0.39 is 11.9 Å². The molecular weight excluding hydrogens is 386 g/mol. The number of furan rings is 1. The predicted octanol–water partition coefficient (Wildman–Crippen LogP) is 3.72. The number of carbonyl (C=O) groups excluding carboxylic acids is 2. The zero-order valence-electron chi connectivity index (χ0n) is 17.5. The highest BCUT2D eigenvalue weighted by Gasteiger charge is 2.17. The molecule has 0 radical (unpaired) electrons. The summed E-state index contributed by atoms with van der Waals surface area (Å²) in [5.41, 5.74) is 3.28. The summed E-state index contributed by atoms with van der Waals surface area (Å²) in [7, 11) is 3.13. The van der Waals surface area contributed by atoms with Crippen molar-refractivity contribution in [3.05, 3.63) is 59.4 Å². The van der Waals surface area contributed by atoms with Gasteiger partial charge in [-0.1, -0.05) is 12.1 Å². The first-order valence-corrected chi connectivity index (χ1v) is 9.55. The summed E-state index contributed by atoms with van der Waals surface area (Å²) >= 11 is 0. The molecule has 0 bridgehead atoms. The zero-order chi connectivity index (χ0) is 21.7. The minimum Gasteiger partial charge on any atom is -0.497 e. The second-order valence-electron chi connectivity index (χ2n) is 7.00. The molecule has 1 atom stereocenters. The second-order valence-corrected chi connectivity index (χ2v) is 7.00. The first kappa shape index (κ1) is 21.2. The average molecular weight is 411 g/mol. The number of methoxy groups -OCH3 is 2. The molecule has 7 nitrogen and oxygen atoms in total. The normalized spacial score (nSPS) is 11.7. The van der Waals surface area contributed by atoms with Crippen molar-refractivity contribution in [2.24, 2.45) is 0 Å². The first-order valence-electron chi connectivity index (χ1n) is 9.55. The van der Waals surface area contributed by atoms with Gasteiger partial charge in [-0.25, -0.2) is 0 Å². The van der Waals surface area contributed by atoms with Gasteiger partial charge in [0.1, 0.15) is 17.1 Å². The van der Waals surface area contributed by atoms with E-state index in [0.717, 1.165) is 27.7 Å². The fourth-order valence-electron chi connectivity index (χ4n) is 3.22. The lowest BCUT2D eigenvalue weighted by molar-refractivity contribution is -0.148. The van der Waals surface area contributed by atoms with Gasteiger partial charge in [-0.15, -0.1) is 0 Å². The van der Waals surface area contributed by atoms with Crippen LogP contribution in [0.15, 0.2) is 47.1 Å². The number of benzene rings is 2. The molecule has 1 amide bonds. The average Bonchev–Trinajstić information content (AvgIpc) is 3.13. The molecule has 0 unspecified atom stereocenters. The number of aryl methyl sites for hydroxylation is 1. The van der Waals surface area contributed by atoms with Crippen molar-refractivity contribution in [1.29, 1.82) is 0 Å². The highest BCUT2D eigenvalue weighted by atomic mass is 16.5. The molecule has 0 spiro atoms. The van der Waals surface area contributed by atoms with Crippen LogP contribution in [0, 0.1) is 6.92 Å². The Kier molecular flexibility index (Phi) is 6.61. The third-order valence-electron chi connectivity index (χ3n) is 4.79. The molecule has 0 aliphatic rings. The molecule has 1 N–H and O–H groups in total. The maximum atomic E-state index is 12.3. The van der Waals surface area contributed by atoms with Crippen LogP contribution in [-0.4, -0.2) is 32.7 Å². The van der Waals surface area contributed by atoms with Crippen LogP contribution in [0.25, 0.3) is 11.0 Å². The number of carbonyl (C=O) groups is 2. The number of esters is 1. The van der Waals surface area contributed by atoms with E-state index in [-0.39, 0.29) is 19.1 Å². The van der Waals surface area contributed by atoms with E-state index in [2.05, 4.69) is 5.32 Å². The Bertz CT molecular complexity index is 1060. The van der Waals surface area contributed by atoms with Crippen molar-refractivity contribution in [1.82, 2.24) is 5.32 Å². The number of hydrogen-bond acceptors (Lipinski definition) is 6. The second kappa shape index (κ2) is 9.35. The number of rotatable bonds is 8. The molecule has 1 heterocycles. The van der Waals surface area contributed by atoms with Gasteiger partial charge in [0, 0.05) is 16.5 Å². The Morgan fingerprint density at radius 1 is 1.10 bits per heavy atom. The Labute approximate surface area is 174 Å². The number of hydrogen-bond donors (Lipinski definition) is 1. The van der Waals surface area contributed by atoms with E-state index in [9.17, 15) is 9.59 Å². The fourth-order valence-corrected chi connectivity index (χ4v) is 3.22. The number of amides is 1. The Morgan fingerprint density at radius 2 is 1.90 bits per heavy atom. The third kappa shape index (κ3) is 4.92. The zero-order valence-corrected chi connectivity index (χ0v) is 17.5. The van der Waals surface area contributed by atoms with Crippen molar-refractivity contribution >= 4 is 22.8 Å². The SMILES string of the molecule is COc1ccc(OC)c([C@@H](C)NC(=O)COC(=O)Cc2coc3cc(C)ccc23)c1. The van der Waals surface area contributed by atoms with E-state index in [1.54, 1.807) is 38.7 Å². The molecule has 3 aromatic rings. The molecule has 30 heavy (non-hydrogen) atoms. The Balaban J connectivity index is 1.55. The van der Waals surface area contributed by atoms with Crippen LogP contribution in [0.3, 0.4) is 0 Å². The standard InChI is InChI=1S/C23H25NO6/c1-14-5-7-18-16(12-29-21(18)9-14)10-23(26)30-13-22(25)24-15(2)19-11-17(27-3)6-8-20(19)28-4/h5-9,11-12,15H,10,13H2,1-4H3,(H,24,25)/t15-/m1/s1. The smallest absolute Gasteiger partial charge is 0.310 e. The Hall–Kier alpha value is -3.48. The van der Waals surface area contributed by atoms with Gasteiger partial charge in [0.25, 0.3) is 5.91 Å². The van der Waals surface area contributed by atoms with Crippen LogP contribution in [0.2, 0.25) is 0 Å². The van der Waals surface area contributed by atoms with Crippen LogP contribution >= 0.6 is 0 Å². The van der Waals surface area contributed by atoms with Gasteiger partial charge in [-0.2, -0.15) is 0 Å². The van der Waals surface area contributed by atoms with Gasteiger partial charge in [0.15, 0.2) is 6.61 Å². The van der Waals surface area contributed by atoms with Gasteiger partial charge in [-0.05, 0) is 43.7 Å². The number of ether oxygens (including phenoxy) is 3. The monoisotopic (exact) mass is 411 g/mol. The van der Waals surface area contributed by atoms with Crippen LogP contribution in [0.5, 0.6) is 11.5 Å². The van der Waals surface area contributed by atoms with Gasteiger partial charge in [0.05, 0.1) is 32.9 Å². The van der Waals surface area contributed by atoms with E-state index in [4.69, 9.17) is 18.6 Å². The summed E-state index contributed by atoms with van der Waals surface area (Å²) in [6, 6.07) is 10.8. The van der Waals surface area contributed by atoms with Gasteiger partial charge >= 0.3 is 5.97 Å². The quantitative estimate of drug-likeness (QED) is 0.569. The lowest BCUT2D eigenvalue weighted by Crippen LogP contribution is -2.31. The van der Waals surface area contributed by atoms with Crippen LogP contribution in [-0.2, 0) is 20.7 Å². The summed E-state index contributed by atoms with van der Waals surface area (Å²) in [5, 5.41) is 3.66. The maximum Gasteiger partial charge on any atom is 0.310 e. The molecule has 0 saturated carbocycles. The van der Waals surface area contributed by atoms with Gasteiger partial charge < -0.3 is 23.9 Å². The number of fused-ring (bicyclic) bond motifs is 1. The maximum absolute atomic E-state index is 12.3. The molecule has 0 aliphatic heterocycles. The highest BCUT2D eigenvalue weighted by molar-refractivity contribution is 5.87. The molecule has 0 fully saturated rings. The van der Waals surface area contributed by atoms with Crippen molar-refractivity contribution < 1.29 is 28.2 Å². The topological polar surface area (TPSA) is 87.0 Å². The summed E-state index contributed by atoms with van der Waals surface area (Å²) in [4.78, 5) is 24.4. The van der Waals surface area contributed by atoms with E-state index in [0.29, 0.717) is 11.5 Å². The lowest BCUT2D eigenvalue weighted by Gasteiger charge is -2.18. The Morgan fingerprint density at radius 3 is 2.63 bits per heavy atom. The molecule has 0 aliphatic carbocycles. The molecular formula is C23H25NO6. The predicted molar refractivity (Wildman–Crippen MR) is 112 cm³/mol. The fraction of sp³-hybridized carbons (Fsp3) is 0.304. The molecule has 1 aromatic heterocycles. The van der Waals surface area contributed by atoms with Crippen LogP contribution in [0.4, 0.5) is 0 Å². The summed E-state index contributed by atoms with van der Waals surface area (Å²) in [6.45, 7) is 3.41. The van der Waals surface area contributed by atoms with Crippen molar-refractivity contribution in [2.45, 2.75) is 26.3 Å². The van der Waals surface area contributed by atoms with Crippen LogP contribution < -0.4 is 14.8 Å². The molecule has 7 heteroatoms. The molecule has 2 aromatic carbocycles.